The molecule has 2 aliphatic rings. The Kier molecular flexibility index (Phi) is 3.60. The smallest absolute Gasteiger partial charge is 0.125 e. The van der Waals surface area contributed by atoms with Crippen molar-refractivity contribution in [2.45, 2.75) is 30.9 Å². The van der Waals surface area contributed by atoms with Crippen molar-refractivity contribution in [3.8, 4) is 0 Å². The molecule has 0 saturated carbocycles. The van der Waals surface area contributed by atoms with E-state index in [1.54, 1.807) is 0 Å². The van der Waals surface area contributed by atoms with E-state index in [-0.39, 0.29) is 5.60 Å². The molecule has 0 aromatic carbocycles. The molecule has 5 nitrogen and oxygen atoms in total. The van der Waals surface area contributed by atoms with E-state index in [9.17, 15) is 0 Å². The second-order valence-electron chi connectivity index (χ2n) is 5.75. The fraction of sp³-hybridized carbons (Fsp3) is 0.786. The Bertz CT molecular complexity index is 426. The Morgan fingerprint density at radius 2 is 2.42 bits per heavy atom. The predicted molar refractivity (Wildman–Crippen MR) is 71.9 cm³/mol. The summed E-state index contributed by atoms with van der Waals surface area (Å²) in [6.07, 6.45) is 7.05. The number of nitrogens with one attached hydrogen (secondary N) is 1. The lowest BCUT2D eigenvalue weighted by atomic mass is 9.81. The van der Waals surface area contributed by atoms with Gasteiger partial charge in [-0.3, -0.25) is 0 Å². The maximum absolute atomic E-state index is 6.02. The van der Waals surface area contributed by atoms with Gasteiger partial charge in [0, 0.05) is 39.1 Å². The predicted octanol–water partition coefficient (Wildman–Crippen LogP) is 1.27. The van der Waals surface area contributed by atoms with E-state index in [1.807, 2.05) is 19.4 Å². The summed E-state index contributed by atoms with van der Waals surface area (Å²) in [5.41, 5.74) is -0.0385. The topological polar surface area (TPSA) is 48.3 Å². The van der Waals surface area contributed by atoms with E-state index in [2.05, 4.69) is 21.9 Å². The number of hydrogen-bond acceptors (Lipinski definition) is 4. The molecular weight excluding hydrogens is 242 g/mol. The molecular formula is C14H23N3O2. The van der Waals surface area contributed by atoms with Crippen molar-refractivity contribution in [3.05, 3.63) is 18.2 Å². The molecule has 5 heteroatoms. The Balaban J connectivity index is 1.78. The van der Waals surface area contributed by atoms with Gasteiger partial charge >= 0.3 is 0 Å². The van der Waals surface area contributed by atoms with Crippen molar-refractivity contribution in [1.82, 2.24) is 14.9 Å². The van der Waals surface area contributed by atoms with Gasteiger partial charge in [-0.15, -0.1) is 0 Å². The van der Waals surface area contributed by atoms with Crippen LogP contribution in [-0.4, -0.2) is 42.0 Å². The molecule has 3 heterocycles. The zero-order chi connectivity index (χ0) is 13.3. The molecule has 0 bridgehead atoms. The lowest BCUT2D eigenvalue weighted by Gasteiger charge is -2.40. The molecule has 0 radical (unpaired) electrons. The zero-order valence-corrected chi connectivity index (χ0v) is 11.8. The van der Waals surface area contributed by atoms with E-state index in [1.165, 1.54) is 0 Å². The lowest BCUT2D eigenvalue weighted by molar-refractivity contribution is -0.103. The Morgan fingerprint density at radius 3 is 3.05 bits per heavy atom. The molecule has 1 N–H and O–H groups in total. The van der Waals surface area contributed by atoms with Crippen LogP contribution in [0.25, 0.3) is 0 Å². The Hall–Kier alpha value is -0.910. The SMILES string of the molecule is CNC(c1nccn1C)C1CCOC2(CCOC2)C1. The highest BCUT2D eigenvalue weighted by atomic mass is 16.6. The summed E-state index contributed by atoms with van der Waals surface area (Å²) in [4.78, 5) is 4.51. The van der Waals surface area contributed by atoms with E-state index in [4.69, 9.17) is 9.47 Å². The maximum Gasteiger partial charge on any atom is 0.125 e. The number of nitrogens with zero attached hydrogens (tertiary/aromatic N) is 2. The highest BCUT2D eigenvalue weighted by molar-refractivity contribution is 5.04. The normalized spacial score (nSPS) is 32.8. The third-order valence-electron chi connectivity index (χ3n) is 4.52. The molecule has 2 fully saturated rings. The average molecular weight is 265 g/mol. The van der Waals surface area contributed by atoms with Crippen LogP contribution in [0.2, 0.25) is 0 Å². The van der Waals surface area contributed by atoms with Gasteiger partial charge < -0.3 is 19.4 Å². The lowest BCUT2D eigenvalue weighted by Crippen LogP contribution is -2.44. The summed E-state index contributed by atoms with van der Waals surface area (Å²) < 4.78 is 13.7. The number of rotatable bonds is 3. The number of hydrogen-bond donors (Lipinski definition) is 1. The molecule has 3 unspecified atom stereocenters. The molecule has 1 spiro atoms. The monoisotopic (exact) mass is 265 g/mol. The molecule has 3 atom stereocenters. The van der Waals surface area contributed by atoms with E-state index in [0.29, 0.717) is 12.0 Å². The minimum Gasteiger partial charge on any atom is -0.378 e. The van der Waals surface area contributed by atoms with Crippen LogP contribution in [0.4, 0.5) is 0 Å². The summed E-state index contributed by atoms with van der Waals surface area (Å²) in [5, 5.41) is 3.44. The van der Waals surface area contributed by atoms with Gasteiger partial charge in [0.1, 0.15) is 5.82 Å². The molecule has 19 heavy (non-hydrogen) atoms. The fourth-order valence-corrected chi connectivity index (χ4v) is 3.47. The molecule has 2 aliphatic heterocycles. The van der Waals surface area contributed by atoms with Gasteiger partial charge in [0.05, 0.1) is 18.2 Å². The second-order valence-corrected chi connectivity index (χ2v) is 5.75. The maximum atomic E-state index is 6.02. The van der Waals surface area contributed by atoms with Gasteiger partial charge in [0.25, 0.3) is 0 Å². The Morgan fingerprint density at radius 1 is 1.53 bits per heavy atom. The quantitative estimate of drug-likeness (QED) is 0.894. The van der Waals surface area contributed by atoms with Gasteiger partial charge in [-0.1, -0.05) is 0 Å². The fourth-order valence-electron chi connectivity index (χ4n) is 3.47. The van der Waals surface area contributed by atoms with Gasteiger partial charge in [-0.05, 0) is 25.8 Å². The van der Waals surface area contributed by atoms with E-state index >= 15 is 0 Å². The van der Waals surface area contributed by atoms with Crippen LogP contribution >= 0.6 is 0 Å². The molecule has 1 aromatic rings. The third-order valence-corrected chi connectivity index (χ3v) is 4.52. The summed E-state index contributed by atoms with van der Waals surface area (Å²) >= 11 is 0. The first-order chi connectivity index (χ1) is 9.24. The van der Waals surface area contributed by atoms with Crippen LogP contribution in [0.1, 0.15) is 31.1 Å². The number of aromatic nitrogens is 2. The summed E-state index contributed by atoms with van der Waals surface area (Å²) in [7, 11) is 4.08. The molecule has 3 rings (SSSR count). The van der Waals surface area contributed by atoms with Crippen molar-refractivity contribution >= 4 is 0 Å². The van der Waals surface area contributed by atoms with Crippen molar-refractivity contribution in [3.63, 3.8) is 0 Å². The largest absolute Gasteiger partial charge is 0.378 e. The molecule has 0 amide bonds. The first kappa shape index (κ1) is 13.1. The highest BCUT2D eigenvalue weighted by Crippen LogP contribution is 2.40. The number of ether oxygens (including phenoxy) is 2. The van der Waals surface area contributed by atoms with Gasteiger partial charge in [-0.2, -0.15) is 0 Å². The van der Waals surface area contributed by atoms with Crippen LogP contribution < -0.4 is 5.32 Å². The van der Waals surface area contributed by atoms with Crippen LogP contribution in [-0.2, 0) is 16.5 Å². The molecule has 1 aromatic heterocycles. The standard InChI is InChI=1S/C14H23N3O2/c1-15-12(13-16-5-6-17(13)2)11-3-7-19-14(9-11)4-8-18-10-14/h5-6,11-12,15H,3-4,7-10H2,1-2H3. The average Bonchev–Trinajstić information content (AvgIpc) is 3.02. The molecule has 106 valence electrons. The number of imidazole rings is 1. The molecule has 2 saturated heterocycles. The van der Waals surface area contributed by atoms with E-state index < -0.39 is 0 Å². The summed E-state index contributed by atoms with van der Waals surface area (Å²) in [6, 6.07) is 0.293. The van der Waals surface area contributed by atoms with Crippen LogP contribution in [0.5, 0.6) is 0 Å². The van der Waals surface area contributed by atoms with Gasteiger partial charge in [0.15, 0.2) is 0 Å². The van der Waals surface area contributed by atoms with Crippen molar-refractivity contribution in [2.75, 3.05) is 26.9 Å². The summed E-state index contributed by atoms with van der Waals surface area (Å²) in [6.45, 7) is 2.41. The van der Waals surface area contributed by atoms with Gasteiger partial charge in [0.2, 0.25) is 0 Å². The first-order valence-corrected chi connectivity index (χ1v) is 7.10. The van der Waals surface area contributed by atoms with Crippen molar-refractivity contribution < 1.29 is 9.47 Å². The highest BCUT2D eigenvalue weighted by Gasteiger charge is 2.43. The van der Waals surface area contributed by atoms with Crippen molar-refractivity contribution in [2.24, 2.45) is 13.0 Å². The van der Waals surface area contributed by atoms with Crippen molar-refractivity contribution in [1.29, 1.82) is 0 Å². The van der Waals surface area contributed by atoms with E-state index in [0.717, 1.165) is 44.9 Å². The van der Waals surface area contributed by atoms with Gasteiger partial charge in [-0.25, -0.2) is 4.98 Å². The minimum absolute atomic E-state index is 0.0385. The third kappa shape index (κ3) is 2.42. The number of aryl methyl sites for hydroxylation is 1. The second kappa shape index (κ2) is 5.23. The Labute approximate surface area is 114 Å². The minimum atomic E-state index is -0.0385. The molecule has 0 aliphatic carbocycles. The zero-order valence-electron chi connectivity index (χ0n) is 11.8. The van der Waals surface area contributed by atoms with Crippen LogP contribution in [0.3, 0.4) is 0 Å². The van der Waals surface area contributed by atoms with Crippen LogP contribution in [0.15, 0.2) is 12.4 Å². The van der Waals surface area contributed by atoms with Crippen LogP contribution in [0, 0.1) is 5.92 Å². The summed E-state index contributed by atoms with van der Waals surface area (Å²) in [5.74, 6) is 1.67. The first-order valence-electron chi connectivity index (χ1n) is 7.10.